The van der Waals surface area contributed by atoms with Gasteiger partial charge in [0, 0.05) is 18.6 Å². The predicted molar refractivity (Wildman–Crippen MR) is 52.5 cm³/mol. The Morgan fingerprint density at radius 2 is 2.23 bits per heavy atom. The summed E-state index contributed by atoms with van der Waals surface area (Å²) in [7, 11) is 1.61. The Bertz CT molecular complexity index is 520. The molecule has 0 aliphatic rings. The third-order valence-electron chi connectivity index (χ3n) is 1.80. The number of aryl methyl sites for hydroxylation is 1. The van der Waals surface area contributed by atoms with E-state index in [4.69, 9.17) is 0 Å². The first-order chi connectivity index (χ1) is 6.18. The highest BCUT2D eigenvalue weighted by Crippen LogP contribution is 2.12. The highest BCUT2D eigenvalue weighted by molar-refractivity contribution is 9.10. The summed E-state index contributed by atoms with van der Waals surface area (Å²) < 4.78 is 1.99. The van der Waals surface area contributed by atoms with E-state index in [-0.39, 0.29) is 5.56 Å². The van der Waals surface area contributed by atoms with Crippen molar-refractivity contribution in [2.75, 3.05) is 0 Å². The molecule has 0 amide bonds. The maximum atomic E-state index is 11.5. The normalized spacial score (nSPS) is 10.6. The molecule has 0 unspecified atom stereocenters. The molecule has 2 aromatic heterocycles. The molecule has 4 nitrogen and oxygen atoms in total. The van der Waals surface area contributed by atoms with Crippen LogP contribution < -0.4 is 5.56 Å². The van der Waals surface area contributed by atoms with Crippen molar-refractivity contribution in [3.8, 4) is 0 Å². The molecule has 0 radical (unpaired) electrons. The molecule has 5 heteroatoms. The van der Waals surface area contributed by atoms with Crippen molar-refractivity contribution in [1.82, 2.24) is 14.8 Å². The van der Waals surface area contributed by atoms with Gasteiger partial charge in [-0.2, -0.15) is 5.10 Å². The highest BCUT2D eigenvalue weighted by Gasteiger charge is 2.01. The van der Waals surface area contributed by atoms with Crippen LogP contribution in [0.25, 0.3) is 10.8 Å². The van der Waals surface area contributed by atoms with Crippen LogP contribution in [0.3, 0.4) is 0 Å². The lowest BCUT2D eigenvalue weighted by Crippen LogP contribution is -2.18. The molecule has 13 heavy (non-hydrogen) atoms. The first-order valence-corrected chi connectivity index (χ1v) is 4.45. The Kier molecular flexibility index (Phi) is 1.88. The van der Waals surface area contributed by atoms with E-state index in [0.29, 0.717) is 9.99 Å². The van der Waals surface area contributed by atoms with Crippen LogP contribution in [0.15, 0.2) is 27.9 Å². The number of hydrogen-bond acceptors (Lipinski definition) is 3. The molecule has 66 valence electrons. The third-order valence-corrected chi connectivity index (χ3v) is 2.23. The lowest BCUT2D eigenvalue weighted by molar-refractivity contribution is 0.718. The minimum Gasteiger partial charge on any atom is -0.267 e. The van der Waals surface area contributed by atoms with Crippen LogP contribution in [0.4, 0.5) is 0 Å². The molecule has 2 aromatic rings. The minimum absolute atomic E-state index is 0.127. The summed E-state index contributed by atoms with van der Waals surface area (Å²) >= 11 is 3.23. The van der Waals surface area contributed by atoms with Crippen LogP contribution in [0, 0.1) is 0 Å². The zero-order valence-electron chi connectivity index (χ0n) is 6.86. The predicted octanol–water partition coefficient (Wildman–Crippen LogP) is 1.09. The number of pyridine rings is 1. The van der Waals surface area contributed by atoms with Crippen molar-refractivity contribution >= 4 is 26.7 Å². The van der Waals surface area contributed by atoms with Gasteiger partial charge in [0.15, 0.2) is 0 Å². The largest absolute Gasteiger partial charge is 0.275 e. The number of halogens is 1. The summed E-state index contributed by atoms with van der Waals surface area (Å²) in [5.74, 6) is 0. The Hall–Kier alpha value is -1.23. The standard InChI is InChI=1S/C8H6BrN3O/c1-12-8(13)6-4-10-7(9)2-5(6)3-11-12/h2-4H,1H3. The fourth-order valence-corrected chi connectivity index (χ4v) is 1.45. The van der Waals surface area contributed by atoms with E-state index in [1.807, 2.05) is 0 Å². The number of fused-ring (bicyclic) bond motifs is 1. The number of rotatable bonds is 0. The second-order valence-corrected chi connectivity index (χ2v) is 3.48. The van der Waals surface area contributed by atoms with Crippen molar-refractivity contribution < 1.29 is 0 Å². The highest BCUT2D eigenvalue weighted by atomic mass is 79.9. The van der Waals surface area contributed by atoms with Crippen LogP contribution >= 0.6 is 15.9 Å². The van der Waals surface area contributed by atoms with Crippen molar-refractivity contribution in [1.29, 1.82) is 0 Å². The van der Waals surface area contributed by atoms with E-state index in [2.05, 4.69) is 26.0 Å². The smallest absolute Gasteiger partial charge is 0.267 e. The van der Waals surface area contributed by atoms with Crippen molar-refractivity contribution in [3.05, 3.63) is 33.4 Å². The van der Waals surface area contributed by atoms with Crippen molar-refractivity contribution in [2.45, 2.75) is 0 Å². The van der Waals surface area contributed by atoms with Gasteiger partial charge >= 0.3 is 0 Å². The van der Waals surface area contributed by atoms with Crippen LogP contribution in [-0.4, -0.2) is 14.8 Å². The van der Waals surface area contributed by atoms with Gasteiger partial charge in [-0.25, -0.2) is 9.67 Å². The van der Waals surface area contributed by atoms with Gasteiger partial charge in [-0.1, -0.05) is 0 Å². The van der Waals surface area contributed by atoms with Crippen molar-refractivity contribution in [3.63, 3.8) is 0 Å². The summed E-state index contributed by atoms with van der Waals surface area (Å²) in [6.45, 7) is 0. The van der Waals surface area contributed by atoms with Gasteiger partial charge < -0.3 is 0 Å². The zero-order valence-corrected chi connectivity index (χ0v) is 8.45. The van der Waals surface area contributed by atoms with Gasteiger partial charge in [-0.3, -0.25) is 4.79 Å². The Balaban J connectivity index is 2.95. The topological polar surface area (TPSA) is 47.8 Å². The maximum absolute atomic E-state index is 11.5. The molecule has 0 aromatic carbocycles. The van der Waals surface area contributed by atoms with Crippen LogP contribution in [0.5, 0.6) is 0 Å². The molecule has 0 spiro atoms. The molecule has 0 aliphatic heterocycles. The summed E-state index contributed by atoms with van der Waals surface area (Å²) in [6.07, 6.45) is 3.19. The molecule has 0 saturated heterocycles. The molecule has 2 heterocycles. The zero-order chi connectivity index (χ0) is 9.42. The molecular weight excluding hydrogens is 234 g/mol. The van der Waals surface area contributed by atoms with Gasteiger partial charge in [0.2, 0.25) is 0 Å². The van der Waals surface area contributed by atoms with Crippen molar-refractivity contribution in [2.24, 2.45) is 7.05 Å². The average Bonchev–Trinajstić information content (AvgIpc) is 2.12. The molecule has 0 atom stereocenters. The lowest BCUT2D eigenvalue weighted by atomic mass is 10.2. The second-order valence-electron chi connectivity index (χ2n) is 2.67. The summed E-state index contributed by atoms with van der Waals surface area (Å²) in [5.41, 5.74) is -0.127. The molecule has 0 saturated carbocycles. The van der Waals surface area contributed by atoms with E-state index in [0.717, 1.165) is 5.39 Å². The SMILES string of the molecule is Cn1ncc2cc(Br)ncc2c1=O. The van der Waals surface area contributed by atoms with Gasteiger partial charge in [0.1, 0.15) is 4.60 Å². The fraction of sp³-hybridized carbons (Fsp3) is 0.125. The monoisotopic (exact) mass is 239 g/mol. The van der Waals surface area contributed by atoms with E-state index in [1.165, 1.54) is 4.68 Å². The average molecular weight is 240 g/mol. The first kappa shape index (κ1) is 8.37. The first-order valence-electron chi connectivity index (χ1n) is 3.66. The van der Waals surface area contributed by atoms with E-state index < -0.39 is 0 Å². The Morgan fingerprint density at radius 3 is 3.00 bits per heavy atom. The summed E-state index contributed by atoms with van der Waals surface area (Å²) in [4.78, 5) is 15.5. The lowest BCUT2D eigenvalue weighted by Gasteiger charge is -1.98. The van der Waals surface area contributed by atoms with E-state index in [9.17, 15) is 4.79 Å². The Labute approximate surface area is 82.3 Å². The quantitative estimate of drug-likeness (QED) is 0.647. The molecule has 0 fully saturated rings. The number of aromatic nitrogens is 3. The number of hydrogen-bond donors (Lipinski definition) is 0. The summed E-state index contributed by atoms with van der Waals surface area (Å²) in [6, 6.07) is 1.77. The van der Waals surface area contributed by atoms with E-state index in [1.54, 1.807) is 25.5 Å². The Morgan fingerprint density at radius 1 is 1.46 bits per heavy atom. The second kappa shape index (κ2) is 2.92. The van der Waals surface area contributed by atoms with Gasteiger partial charge in [0.05, 0.1) is 11.6 Å². The van der Waals surface area contributed by atoms with Crippen LogP contribution in [-0.2, 0) is 7.05 Å². The summed E-state index contributed by atoms with van der Waals surface area (Å²) in [5, 5.41) is 5.28. The van der Waals surface area contributed by atoms with Crippen LogP contribution in [0.2, 0.25) is 0 Å². The minimum atomic E-state index is -0.127. The van der Waals surface area contributed by atoms with Gasteiger partial charge in [-0.05, 0) is 22.0 Å². The maximum Gasteiger partial charge on any atom is 0.275 e. The number of nitrogens with zero attached hydrogens (tertiary/aromatic N) is 3. The molecule has 2 rings (SSSR count). The molecule has 0 aliphatic carbocycles. The molecular formula is C8H6BrN3O. The molecule has 0 bridgehead atoms. The molecule has 0 N–H and O–H groups in total. The van der Waals surface area contributed by atoms with Crippen LogP contribution in [0.1, 0.15) is 0 Å². The van der Waals surface area contributed by atoms with Gasteiger partial charge in [-0.15, -0.1) is 0 Å². The third kappa shape index (κ3) is 1.35. The van der Waals surface area contributed by atoms with E-state index >= 15 is 0 Å². The van der Waals surface area contributed by atoms with Gasteiger partial charge in [0.25, 0.3) is 5.56 Å². The fourth-order valence-electron chi connectivity index (χ4n) is 1.11.